The Morgan fingerprint density at radius 2 is 1.91 bits per heavy atom. The number of carbonyl (C=O) groups is 2. The number of carbonyl (C=O) groups excluding carboxylic acids is 2. The molecule has 1 rings (SSSR count). The van der Waals surface area contributed by atoms with Crippen LogP contribution >= 0.6 is 24.8 Å². The molecule has 0 aliphatic carbocycles. The van der Waals surface area contributed by atoms with Gasteiger partial charge in [0.05, 0.1) is 19.1 Å². The lowest BCUT2D eigenvalue weighted by Crippen LogP contribution is -2.47. The average molecular weight is 376 g/mol. The summed E-state index contributed by atoms with van der Waals surface area (Å²) in [6.45, 7) is 0.433. The summed E-state index contributed by atoms with van der Waals surface area (Å²) < 4.78 is 25.7. The van der Waals surface area contributed by atoms with E-state index in [4.69, 9.17) is 5.73 Å². The molecule has 0 fully saturated rings. The van der Waals surface area contributed by atoms with Crippen molar-refractivity contribution in [3.63, 3.8) is 0 Å². The number of amides is 2. The lowest BCUT2D eigenvalue weighted by Gasteiger charge is -2.15. The molecule has 0 unspecified atom stereocenters. The fourth-order valence-corrected chi connectivity index (χ4v) is 1.49. The Kier molecular flexibility index (Phi) is 11.5. The second-order valence-corrected chi connectivity index (χ2v) is 4.79. The van der Waals surface area contributed by atoms with Gasteiger partial charge in [-0.3, -0.25) is 14.2 Å². The molecule has 1 aromatic rings. The third-order valence-corrected chi connectivity index (χ3v) is 2.85. The smallest absolute Gasteiger partial charge is 0.319 e. The first kappa shape index (κ1) is 23.8. The van der Waals surface area contributed by atoms with E-state index in [2.05, 4.69) is 15.6 Å². The molecule has 11 heteroatoms. The number of nitrogens with one attached hydrogen (secondary N) is 2. The van der Waals surface area contributed by atoms with Crippen molar-refractivity contribution in [3.05, 3.63) is 18.2 Å². The van der Waals surface area contributed by atoms with Crippen molar-refractivity contribution in [1.82, 2.24) is 20.2 Å². The third-order valence-electron chi connectivity index (χ3n) is 2.85. The van der Waals surface area contributed by atoms with Gasteiger partial charge in [-0.15, -0.1) is 24.8 Å². The maximum Gasteiger partial charge on any atom is 0.319 e. The highest BCUT2D eigenvalue weighted by atomic mass is 35.5. The lowest BCUT2D eigenvalue weighted by molar-refractivity contribution is -0.127. The van der Waals surface area contributed by atoms with E-state index in [9.17, 15) is 18.4 Å². The van der Waals surface area contributed by atoms with Crippen LogP contribution in [-0.4, -0.2) is 34.0 Å². The molecule has 0 saturated carbocycles. The second kappa shape index (κ2) is 11.1. The van der Waals surface area contributed by atoms with E-state index in [1.165, 1.54) is 6.20 Å². The minimum Gasteiger partial charge on any atom is -0.347 e. The maximum atomic E-state index is 12.5. The van der Waals surface area contributed by atoms with Gasteiger partial charge in [0.2, 0.25) is 11.8 Å². The van der Waals surface area contributed by atoms with Gasteiger partial charge in [-0.2, -0.15) is 8.78 Å². The largest absolute Gasteiger partial charge is 0.347 e. The van der Waals surface area contributed by atoms with Crippen LogP contribution in [0, 0.1) is 5.92 Å². The van der Waals surface area contributed by atoms with Gasteiger partial charge in [-0.1, -0.05) is 13.8 Å². The van der Waals surface area contributed by atoms with Crippen molar-refractivity contribution in [1.29, 1.82) is 0 Å². The Labute approximate surface area is 145 Å². The van der Waals surface area contributed by atoms with E-state index < -0.39 is 24.4 Å². The van der Waals surface area contributed by atoms with Gasteiger partial charge in [0.1, 0.15) is 5.82 Å². The summed E-state index contributed by atoms with van der Waals surface area (Å²) >= 11 is 0. The molecule has 0 radical (unpaired) electrons. The summed E-state index contributed by atoms with van der Waals surface area (Å²) in [6, 6.07) is -0.699. The van der Waals surface area contributed by atoms with Crippen LogP contribution in [0.4, 0.5) is 8.78 Å². The molecule has 0 bridgehead atoms. The van der Waals surface area contributed by atoms with Crippen LogP contribution in [0.25, 0.3) is 0 Å². The Hall–Kier alpha value is -1.45. The first-order valence-corrected chi connectivity index (χ1v) is 6.42. The van der Waals surface area contributed by atoms with Gasteiger partial charge in [-0.25, -0.2) is 4.98 Å². The van der Waals surface area contributed by atoms with Crippen LogP contribution in [0.15, 0.2) is 12.4 Å². The summed E-state index contributed by atoms with van der Waals surface area (Å²) in [5, 5.41) is 4.77. The zero-order valence-corrected chi connectivity index (χ0v) is 14.3. The fraction of sp³-hybridized carbons (Fsp3) is 0.583. The molecule has 1 atom stereocenters. The van der Waals surface area contributed by atoms with E-state index >= 15 is 0 Å². The number of halogens is 4. The van der Waals surface area contributed by atoms with Crippen LogP contribution in [0.1, 0.15) is 26.2 Å². The fourth-order valence-electron chi connectivity index (χ4n) is 1.49. The zero-order chi connectivity index (χ0) is 16.0. The van der Waals surface area contributed by atoms with Crippen molar-refractivity contribution in [2.24, 2.45) is 11.7 Å². The van der Waals surface area contributed by atoms with Gasteiger partial charge in [0.15, 0.2) is 0 Å². The minimum absolute atomic E-state index is 0. The zero-order valence-electron chi connectivity index (χ0n) is 12.7. The molecule has 4 N–H and O–H groups in total. The molecule has 134 valence electrons. The highest BCUT2D eigenvalue weighted by Crippen LogP contribution is 2.11. The minimum atomic E-state index is -2.72. The van der Waals surface area contributed by atoms with Crippen molar-refractivity contribution >= 4 is 36.6 Å². The SMILES string of the molecule is CC(C)[C@H](N)C(=O)NCC(=O)NCc1nccn1C(F)F.Cl.Cl. The number of hydrogen-bond acceptors (Lipinski definition) is 4. The molecule has 23 heavy (non-hydrogen) atoms. The van der Waals surface area contributed by atoms with Crippen molar-refractivity contribution < 1.29 is 18.4 Å². The van der Waals surface area contributed by atoms with E-state index in [1.807, 2.05) is 0 Å². The molecule has 1 heterocycles. The standard InChI is InChI=1S/C12H19F2N5O2.2ClH/c1-7(2)10(15)11(21)18-6-9(20)17-5-8-16-3-4-19(8)12(13)14;;/h3-4,7,10,12H,5-6,15H2,1-2H3,(H,17,20)(H,18,21);2*1H/t10-;;/m0../s1. The molecule has 0 spiro atoms. The quantitative estimate of drug-likeness (QED) is 0.656. The summed E-state index contributed by atoms with van der Waals surface area (Å²) in [6.07, 6.45) is 2.34. The number of rotatable bonds is 7. The molecule has 2 amide bonds. The Morgan fingerprint density at radius 1 is 1.30 bits per heavy atom. The van der Waals surface area contributed by atoms with E-state index in [0.717, 1.165) is 6.20 Å². The number of alkyl halides is 2. The Balaban J connectivity index is 0. The number of hydrogen-bond donors (Lipinski definition) is 3. The number of nitrogens with zero attached hydrogens (tertiary/aromatic N) is 2. The maximum absolute atomic E-state index is 12.5. The second-order valence-electron chi connectivity index (χ2n) is 4.79. The normalized spacial score (nSPS) is 11.4. The first-order valence-electron chi connectivity index (χ1n) is 6.42. The summed E-state index contributed by atoms with van der Waals surface area (Å²) in [7, 11) is 0. The number of nitrogens with two attached hydrogens (primary N) is 1. The van der Waals surface area contributed by atoms with Crippen molar-refractivity contribution in [3.8, 4) is 0 Å². The number of aromatic nitrogens is 2. The molecule has 0 aliphatic rings. The van der Waals surface area contributed by atoms with Gasteiger partial charge in [-0.05, 0) is 5.92 Å². The van der Waals surface area contributed by atoms with Crippen LogP contribution in [0.3, 0.4) is 0 Å². The Morgan fingerprint density at radius 3 is 2.43 bits per heavy atom. The lowest BCUT2D eigenvalue weighted by atomic mass is 10.1. The highest BCUT2D eigenvalue weighted by Gasteiger charge is 2.18. The van der Waals surface area contributed by atoms with E-state index in [-0.39, 0.29) is 49.6 Å². The predicted octanol–water partition coefficient (Wildman–Crippen LogP) is 0.837. The van der Waals surface area contributed by atoms with Gasteiger partial charge < -0.3 is 16.4 Å². The topological polar surface area (TPSA) is 102 Å². The van der Waals surface area contributed by atoms with Gasteiger partial charge in [0, 0.05) is 12.4 Å². The van der Waals surface area contributed by atoms with E-state index in [0.29, 0.717) is 4.57 Å². The van der Waals surface area contributed by atoms with Crippen LogP contribution < -0.4 is 16.4 Å². The van der Waals surface area contributed by atoms with Crippen LogP contribution in [0.5, 0.6) is 0 Å². The predicted molar refractivity (Wildman–Crippen MR) is 85.6 cm³/mol. The van der Waals surface area contributed by atoms with Crippen molar-refractivity contribution in [2.75, 3.05) is 6.54 Å². The Bertz CT molecular complexity index is 500. The van der Waals surface area contributed by atoms with Gasteiger partial charge in [0.25, 0.3) is 0 Å². The third kappa shape index (κ3) is 7.58. The molecular weight excluding hydrogens is 355 g/mol. The van der Waals surface area contributed by atoms with Crippen molar-refractivity contribution in [2.45, 2.75) is 33.0 Å². The highest BCUT2D eigenvalue weighted by molar-refractivity contribution is 5.87. The molecule has 7 nitrogen and oxygen atoms in total. The first-order chi connectivity index (χ1) is 9.82. The number of imidazole rings is 1. The van der Waals surface area contributed by atoms with Gasteiger partial charge >= 0.3 is 6.55 Å². The molecule has 0 aliphatic heterocycles. The monoisotopic (exact) mass is 375 g/mol. The van der Waals surface area contributed by atoms with Crippen LogP contribution in [-0.2, 0) is 16.1 Å². The summed E-state index contributed by atoms with van der Waals surface area (Å²) in [5.74, 6) is -0.965. The molecule has 0 aromatic carbocycles. The molecule has 1 aromatic heterocycles. The summed E-state index contributed by atoms with van der Waals surface area (Å²) in [5.41, 5.74) is 5.61. The van der Waals surface area contributed by atoms with Crippen LogP contribution in [0.2, 0.25) is 0 Å². The average Bonchev–Trinajstić information content (AvgIpc) is 2.90. The summed E-state index contributed by atoms with van der Waals surface area (Å²) in [4.78, 5) is 26.8. The molecule has 0 saturated heterocycles. The van der Waals surface area contributed by atoms with E-state index in [1.54, 1.807) is 13.8 Å². The molecular formula is C12H21Cl2F2N5O2.